The molecule has 2 rings (SSSR count). The largest absolute Gasteiger partial charge is 0.481 e. The average Bonchev–Trinajstić information content (AvgIpc) is 2.97. The van der Waals surface area contributed by atoms with Gasteiger partial charge in [0.25, 0.3) is 5.91 Å². The Bertz CT molecular complexity index is 754. The molecule has 2 N–H and O–H groups in total. The lowest BCUT2D eigenvalue weighted by atomic mass is 9.95. The molecule has 0 aliphatic carbocycles. The van der Waals surface area contributed by atoms with Crippen molar-refractivity contribution < 1.29 is 28.6 Å². The summed E-state index contributed by atoms with van der Waals surface area (Å²) in [5.41, 5.74) is 1.25. The zero-order chi connectivity index (χ0) is 23.6. The van der Waals surface area contributed by atoms with Gasteiger partial charge in [-0.05, 0) is 43.6 Å². The lowest BCUT2D eigenvalue weighted by Gasteiger charge is -2.22. The van der Waals surface area contributed by atoms with Gasteiger partial charge in [0.1, 0.15) is 0 Å². The first-order valence-corrected chi connectivity index (χ1v) is 11.5. The minimum Gasteiger partial charge on any atom is -0.481 e. The van der Waals surface area contributed by atoms with Crippen LogP contribution in [0.25, 0.3) is 0 Å². The monoisotopic (exact) mass is 451 g/mol. The maximum atomic E-state index is 14.0. The Kier molecular flexibility index (Phi) is 10.3. The van der Waals surface area contributed by atoms with Crippen LogP contribution >= 0.6 is 0 Å². The van der Waals surface area contributed by atoms with Crippen LogP contribution in [0.4, 0.5) is 8.78 Å². The highest BCUT2D eigenvalue weighted by Crippen LogP contribution is 2.34. The van der Waals surface area contributed by atoms with Crippen molar-refractivity contribution in [1.82, 2.24) is 4.90 Å². The average molecular weight is 452 g/mol. The molecule has 0 spiro atoms. The van der Waals surface area contributed by atoms with E-state index in [1.54, 1.807) is 12.2 Å². The van der Waals surface area contributed by atoms with Gasteiger partial charge >= 0.3 is 11.9 Å². The zero-order valence-electron chi connectivity index (χ0n) is 18.8. The number of carboxylic acids is 1. The molecule has 0 bridgehead atoms. The van der Waals surface area contributed by atoms with Crippen LogP contribution in [0.3, 0.4) is 0 Å². The van der Waals surface area contributed by atoms with Gasteiger partial charge in [-0.2, -0.15) is 8.78 Å². The molecule has 1 saturated heterocycles. The molecule has 1 heterocycles. The second kappa shape index (κ2) is 12.7. The number of alkyl halides is 2. The van der Waals surface area contributed by atoms with Crippen LogP contribution < -0.4 is 0 Å². The predicted octanol–water partition coefficient (Wildman–Crippen LogP) is 4.83. The van der Waals surface area contributed by atoms with Gasteiger partial charge in [-0.1, -0.05) is 62.2 Å². The van der Waals surface area contributed by atoms with Crippen molar-refractivity contribution in [3.05, 3.63) is 48.0 Å². The van der Waals surface area contributed by atoms with E-state index in [9.17, 15) is 23.5 Å². The number of aliphatic carboxylic acids is 1. The number of aryl methyl sites for hydroxylation is 1. The number of aliphatic hydroxyl groups is 1. The van der Waals surface area contributed by atoms with Crippen LogP contribution in [0.15, 0.2) is 42.5 Å². The maximum absolute atomic E-state index is 14.0. The number of hydrogen-bond donors (Lipinski definition) is 2. The van der Waals surface area contributed by atoms with Gasteiger partial charge in [0.05, 0.1) is 12.1 Å². The molecule has 1 aromatic carbocycles. The second-order valence-corrected chi connectivity index (χ2v) is 8.76. The highest BCUT2D eigenvalue weighted by Gasteiger charge is 2.52. The van der Waals surface area contributed by atoms with Crippen molar-refractivity contribution in [3.8, 4) is 0 Å². The van der Waals surface area contributed by atoms with Crippen molar-refractivity contribution in [2.45, 2.75) is 82.8 Å². The molecule has 1 aliphatic heterocycles. The number of aliphatic hydroxyl groups excluding tert-OH is 1. The number of carbonyl (C=O) groups excluding carboxylic acids is 1. The third kappa shape index (κ3) is 8.34. The van der Waals surface area contributed by atoms with Gasteiger partial charge in [-0.3, -0.25) is 9.59 Å². The van der Waals surface area contributed by atoms with E-state index in [1.807, 2.05) is 25.1 Å². The van der Waals surface area contributed by atoms with Crippen LogP contribution in [0, 0.1) is 5.92 Å². The summed E-state index contributed by atoms with van der Waals surface area (Å²) in [6.07, 6.45) is 6.95. The molecule has 7 heteroatoms. The fourth-order valence-corrected chi connectivity index (χ4v) is 4.05. The molecule has 0 radical (unpaired) electrons. The number of unbranched alkanes of at least 4 members (excludes halogenated alkanes) is 3. The number of carboxylic acid groups (broad SMARTS) is 1. The number of amides is 1. The first-order valence-electron chi connectivity index (χ1n) is 11.5. The lowest BCUT2D eigenvalue weighted by molar-refractivity contribution is -0.148. The van der Waals surface area contributed by atoms with E-state index in [0.29, 0.717) is 25.7 Å². The van der Waals surface area contributed by atoms with Crippen LogP contribution in [0.5, 0.6) is 0 Å². The van der Waals surface area contributed by atoms with Crippen molar-refractivity contribution in [1.29, 1.82) is 0 Å². The third-order valence-corrected chi connectivity index (χ3v) is 6.06. The SMILES string of the molecule is C[C@H](CCCc1ccccc1)[C@@H](O)/C=C/[C@@H]1CC(F)(F)C(=O)N1CCCCCCC(=O)O. The molecular formula is C25H35F2NO4. The lowest BCUT2D eigenvalue weighted by Crippen LogP contribution is -2.36. The van der Waals surface area contributed by atoms with Crippen molar-refractivity contribution in [2.75, 3.05) is 6.54 Å². The quantitative estimate of drug-likeness (QED) is 0.314. The Labute approximate surface area is 189 Å². The molecule has 0 aromatic heterocycles. The Morgan fingerprint density at radius 2 is 1.88 bits per heavy atom. The highest BCUT2D eigenvalue weighted by atomic mass is 19.3. The minimum absolute atomic E-state index is 0.0183. The van der Waals surface area contributed by atoms with Crippen molar-refractivity contribution >= 4 is 11.9 Å². The number of halogens is 2. The van der Waals surface area contributed by atoms with E-state index < -0.39 is 36.4 Å². The molecule has 32 heavy (non-hydrogen) atoms. The van der Waals surface area contributed by atoms with E-state index in [4.69, 9.17) is 5.11 Å². The summed E-state index contributed by atoms with van der Waals surface area (Å²) in [7, 11) is 0. The minimum atomic E-state index is -3.38. The number of likely N-dealkylation sites (tertiary alicyclic amines) is 1. The summed E-state index contributed by atoms with van der Waals surface area (Å²) in [5.74, 6) is -5.42. The van der Waals surface area contributed by atoms with E-state index in [1.165, 1.54) is 10.5 Å². The summed E-state index contributed by atoms with van der Waals surface area (Å²) in [6, 6.07) is 9.37. The zero-order valence-corrected chi connectivity index (χ0v) is 18.8. The molecule has 0 unspecified atom stereocenters. The molecule has 1 aromatic rings. The summed E-state index contributed by atoms with van der Waals surface area (Å²) in [6.45, 7) is 2.14. The van der Waals surface area contributed by atoms with E-state index >= 15 is 0 Å². The summed E-state index contributed by atoms with van der Waals surface area (Å²) in [4.78, 5) is 23.8. The van der Waals surface area contributed by atoms with Crippen LogP contribution in [-0.2, 0) is 16.0 Å². The van der Waals surface area contributed by atoms with Crippen LogP contribution in [0.2, 0.25) is 0 Å². The van der Waals surface area contributed by atoms with Gasteiger partial charge in [0.2, 0.25) is 0 Å². The Balaban J connectivity index is 1.81. The number of rotatable bonds is 14. The molecule has 3 atom stereocenters. The molecular weight excluding hydrogens is 416 g/mol. The Morgan fingerprint density at radius 1 is 1.19 bits per heavy atom. The van der Waals surface area contributed by atoms with Gasteiger partial charge in [-0.15, -0.1) is 0 Å². The van der Waals surface area contributed by atoms with Crippen LogP contribution in [0.1, 0.15) is 63.9 Å². The topological polar surface area (TPSA) is 77.8 Å². The predicted molar refractivity (Wildman–Crippen MR) is 119 cm³/mol. The smallest absolute Gasteiger partial charge is 0.327 e. The summed E-state index contributed by atoms with van der Waals surface area (Å²) >= 11 is 0. The van der Waals surface area contributed by atoms with Crippen molar-refractivity contribution in [2.24, 2.45) is 5.92 Å². The Morgan fingerprint density at radius 3 is 2.56 bits per heavy atom. The molecule has 1 fully saturated rings. The molecule has 1 aliphatic rings. The Hall–Kier alpha value is -2.28. The van der Waals surface area contributed by atoms with Gasteiger partial charge in [-0.25, -0.2) is 0 Å². The van der Waals surface area contributed by atoms with Crippen molar-refractivity contribution in [3.63, 3.8) is 0 Å². The fourth-order valence-electron chi connectivity index (χ4n) is 4.05. The van der Waals surface area contributed by atoms with E-state index in [-0.39, 0.29) is 18.9 Å². The first kappa shape index (κ1) is 26.0. The summed E-state index contributed by atoms with van der Waals surface area (Å²) in [5, 5.41) is 19.1. The third-order valence-electron chi connectivity index (χ3n) is 6.06. The van der Waals surface area contributed by atoms with Gasteiger partial charge < -0.3 is 15.1 Å². The first-order chi connectivity index (χ1) is 15.2. The molecule has 5 nitrogen and oxygen atoms in total. The van der Waals surface area contributed by atoms with Gasteiger partial charge in [0, 0.05) is 19.4 Å². The summed E-state index contributed by atoms with van der Waals surface area (Å²) < 4.78 is 28.0. The number of carbonyl (C=O) groups is 2. The molecule has 178 valence electrons. The molecule has 1 amide bonds. The molecule has 0 saturated carbocycles. The standard InChI is InChI=1S/C25H35F2NO4/c1-19(10-9-13-20-11-5-4-6-12-20)22(29)16-15-21-18-25(26,27)24(32)28(21)17-8-3-2-7-14-23(30)31/h4-6,11-12,15-16,19,21-22,29H,2-3,7-10,13-14,17-18H2,1H3,(H,30,31)/b16-15+/t19-,21-,22+/m1/s1. The second-order valence-electron chi connectivity index (χ2n) is 8.76. The number of nitrogens with zero attached hydrogens (tertiary/aromatic N) is 1. The van der Waals surface area contributed by atoms with E-state index in [2.05, 4.69) is 12.1 Å². The maximum Gasteiger partial charge on any atom is 0.327 e. The normalized spacial score (nSPS) is 20.1. The fraction of sp³-hybridized carbons (Fsp3) is 0.600. The van der Waals surface area contributed by atoms with Gasteiger partial charge in [0.15, 0.2) is 0 Å². The number of hydrogen-bond acceptors (Lipinski definition) is 3. The van der Waals surface area contributed by atoms with Crippen LogP contribution in [-0.4, -0.2) is 51.6 Å². The number of benzene rings is 1. The highest BCUT2D eigenvalue weighted by molar-refractivity contribution is 5.86. The van der Waals surface area contributed by atoms with E-state index in [0.717, 1.165) is 19.3 Å².